The molecule has 2 aliphatic rings. The number of alkyl halides is 3. The molecule has 2 rings (SSSR count). The highest BCUT2D eigenvalue weighted by molar-refractivity contribution is 4.96. The summed E-state index contributed by atoms with van der Waals surface area (Å²) in [6, 6.07) is 0. The lowest BCUT2D eigenvalue weighted by Crippen LogP contribution is -2.31. The van der Waals surface area contributed by atoms with Crippen molar-refractivity contribution in [2.75, 3.05) is 40.0 Å². The minimum absolute atomic E-state index is 0.00460. The van der Waals surface area contributed by atoms with Gasteiger partial charge in [0.05, 0.1) is 13.2 Å². The fourth-order valence-corrected chi connectivity index (χ4v) is 2.71. The second-order valence-corrected chi connectivity index (χ2v) is 5.58. The molecule has 0 bridgehead atoms. The standard InChI is InChI=1S/C12H20F3NO2/c1-17-9-11(3-4-11)8-16-5-2-10(6-16)7-18-12(13,14)15/h10H,2-9H2,1H3/t10-/m0/s1. The lowest BCUT2D eigenvalue weighted by Gasteiger charge is -2.22. The highest BCUT2D eigenvalue weighted by Gasteiger charge is 2.45. The Morgan fingerprint density at radius 3 is 2.61 bits per heavy atom. The van der Waals surface area contributed by atoms with Gasteiger partial charge in [0.15, 0.2) is 0 Å². The average Bonchev–Trinajstić information content (AvgIpc) is 2.86. The number of hydrogen-bond acceptors (Lipinski definition) is 3. The molecule has 18 heavy (non-hydrogen) atoms. The molecule has 6 heteroatoms. The molecule has 1 aliphatic heterocycles. The second-order valence-electron chi connectivity index (χ2n) is 5.58. The zero-order valence-corrected chi connectivity index (χ0v) is 10.6. The monoisotopic (exact) mass is 267 g/mol. The summed E-state index contributed by atoms with van der Waals surface area (Å²) in [5.41, 5.74) is 0.272. The Hall–Kier alpha value is -0.330. The van der Waals surface area contributed by atoms with E-state index in [4.69, 9.17) is 4.74 Å². The summed E-state index contributed by atoms with van der Waals surface area (Å²) in [5.74, 6) is 0.00460. The fraction of sp³-hybridized carbons (Fsp3) is 1.00. The van der Waals surface area contributed by atoms with Crippen LogP contribution < -0.4 is 0 Å². The normalized spacial score (nSPS) is 27.7. The maximum absolute atomic E-state index is 11.9. The van der Waals surface area contributed by atoms with Gasteiger partial charge in [0.2, 0.25) is 0 Å². The molecule has 1 saturated carbocycles. The molecular weight excluding hydrogens is 247 g/mol. The van der Waals surface area contributed by atoms with E-state index in [9.17, 15) is 13.2 Å². The van der Waals surface area contributed by atoms with E-state index >= 15 is 0 Å². The number of nitrogens with zero attached hydrogens (tertiary/aromatic N) is 1. The first-order valence-corrected chi connectivity index (χ1v) is 6.34. The molecule has 1 aliphatic carbocycles. The average molecular weight is 267 g/mol. The van der Waals surface area contributed by atoms with Gasteiger partial charge in [-0.2, -0.15) is 0 Å². The first-order chi connectivity index (χ1) is 8.42. The number of halogens is 3. The van der Waals surface area contributed by atoms with Crippen molar-refractivity contribution in [3.8, 4) is 0 Å². The van der Waals surface area contributed by atoms with Gasteiger partial charge in [-0.05, 0) is 31.7 Å². The van der Waals surface area contributed by atoms with Crippen LogP contribution in [0.3, 0.4) is 0 Å². The first-order valence-electron chi connectivity index (χ1n) is 6.34. The predicted octanol–water partition coefficient (Wildman–Crippen LogP) is 2.27. The SMILES string of the molecule is COCC1(CN2CC[C@H](COC(F)(F)F)C2)CC1. The number of methoxy groups -OCH3 is 1. The lowest BCUT2D eigenvalue weighted by molar-refractivity contribution is -0.328. The van der Waals surface area contributed by atoms with Crippen LogP contribution in [-0.4, -0.2) is 51.2 Å². The summed E-state index contributed by atoms with van der Waals surface area (Å²) in [6.45, 7) is 3.08. The van der Waals surface area contributed by atoms with E-state index in [1.54, 1.807) is 7.11 Å². The third kappa shape index (κ3) is 4.10. The van der Waals surface area contributed by atoms with E-state index in [0.717, 1.165) is 26.1 Å². The van der Waals surface area contributed by atoms with Crippen LogP contribution in [0.5, 0.6) is 0 Å². The molecule has 0 aromatic carbocycles. The molecule has 0 spiro atoms. The molecule has 0 aromatic heterocycles. The van der Waals surface area contributed by atoms with Gasteiger partial charge in [-0.25, -0.2) is 0 Å². The number of ether oxygens (including phenoxy) is 2. The molecule has 3 nitrogen and oxygen atoms in total. The highest BCUT2D eigenvalue weighted by atomic mass is 19.4. The van der Waals surface area contributed by atoms with E-state index in [1.165, 1.54) is 12.8 Å². The zero-order chi connectivity index (χ0) is 13.2. The van der Waals surface area contributed by atoms with E-state index in [1.807, 2.05) is 0 Å². The molecule has 1 saturated heterocycles. The van der Waals surface area contributed by atoms with Crippen LogP contribution >= 0.6 is 0 Å². The second kappa shape index (κ2) is 5.35. The van der Waals surface area contributed by atoms with E-state index in [0.29, 0.717) is 6.54 Å². The molecule has 0 N–H and O–H groups in total. The Morgan fingerprint density at radius 1 is 1.33 bits per heavy atom. The van der Waals surface area contributed by atoms with Crippen LogP contribution in [0.2, 0.25) is 0 Å². The predicted molar refractivity (Wildman–Crippen MR) is 60.1 cm³/mol. The molecule has 106 valence electrons. The minimum Gasteiger partial charge on any atom is -0.384 e. The Bertz CT molecular complexity index is 279. The van der Waals surface area contributed by atoms with E-state index < -0.39 is 6.36 Å². The van der Waals surface area contributed by atoms with Crippen molar-refractivity contribution in [2.24, 2.45) is 11.3 Å². The third-order valence-corrected chi connectivity index (χ3v) is 3.82. The maximum atomic E-state index is 11.9. The molecule has 0 radical (unpaired) electrons. The Morgan fingerprint density at radius 2 is 2.06 bits per heavy atom. The molecule has 1 atom stereocenters. The van der Waals surface area contributed by atoms with Crippen LogP contribution in [0.25, 0.3) is 0 Å². The summed E-state index contributed by atoms with van der Waals surface area (Å²) < 4.78 is 44.9. The largest absolute Gasteiger partial charge is 0.522 e. The smallest absolute Gasteiger partial charge is 0.384 e. The molecule has 0 aromatic rings. The van der Waals surface area contributed by atoms with Crippen LogP contribution in [-0.2, 0) is 9.47 Å². The summed E-state index contributed by atoms with van der Waals surface area (Å²) in [4.78, 5) is 2.25. The molecule has 0 amide bonds. The van der Waals surface area contributed by atoms with Crippen LogP contribution in [0.15, 0.2) is 0 Å². The van der Waals surface area contributed by atoms with E-state index in [-0.39, 0.29) is 17.9 Å². The van der Waals surface area contributed by atoms with Crippen LogP contribution in [0, 0.1) is 11.3 Å². The zero-order valence-electron chi connectivity index (χ0n) is 10.6. The Balaban J connectivity index is 1.69. The molecule has 1 heterocycles. The topological polar surface area (TPSA) is 21.7 Å². The summed E-state index contributed by atoms with van der Waals surface area (Å²) in [7, 11) is 1.70. The van der Waals surface area contributed by atoms with Gasteiger partial charge < -0.3 is 9.64 Å². The van der Waals surface area contributed by atoms with Gasteiger partial charge in [0.25, 0.3) is 0 Å². The van der Waals surface area contributed by atoms with Gasteiger partial charge in [0, 0.05) is 25.6 Å². The minimum atomic E-state index is -4.50. The van der Waals surface area contributed by atoms with Gasteiger partial charge in [-0.1, -0.05) is 0 Å². The van der Waals surface area contributed by atoms with Crippen molar-refractivity contribution in [3.05, 3.63) is 0 Å². The third-order valence-electron chi connectivity index (χ3n) is 3.82. The van der Waals surface area contributed by atoms with Crippen molar-refractivity contribution in [1.29, 1.82) is 0 Å². The van der Waals surface area contributed by atoms with Crippen molar-refractivity contribution in [3.63, 3.8) is 0 Å². The van der Waals surface area contributed by atoms with Gasteiger partial charge in [-0.15, -0.1) is 13.2 Å². The Kier molecular flexibility index (Phi) is 4.18. The lowest BCUT2D eigenvalue weighted by atomic mass is 10.1. The van der Waals surface area contributed by atoms with Gasteiger partial charge >= 0.3 is 6.36 Å². The van der Waals surface area contributed by atoms with Crippen molar-refractivity contribution >= 4 is 0 Å². The number of hydrogen-bond donors (Lipinski definition) is 0. The van der Waals surface area contributed by atoms with E-state index in [2.05, 4.69) is 9.64 Å². The first kappa shape index (κ1) is 14.1. The van der Waals surface area contributed by atoms with Crippen LogP contribution in [0.4, 0.5) is 13.2 Å². The van der Waals surface area contributed by atoms with Gasteiger partial charge in [0.1, 0.15) is 0 Å². The molecule has 2 fully saturated rings. The maximum Gasteiger partial charge on any atom is 0.522 e. The highest BCUT2D eigenvalue weighted by Crippen LogP contribution is 2.47. The van der Waals surface area contributed by atoms with Crippen molar-refractivity contribution in [2.45, 2.75) is 25.6 Å². The molecule has 0 unspecified atom stereocenters. The van der Waals surface area contributed by atoms with Crippen molar-refractivity contribution < 1.29 is 22.6 Å². The summed E-state index contributed by atoms with van der Waals surface area (Å²) in [6.07, 6.45) is -1.37. The molecular formula is C12H20F3NO2. The number of rotatable bonds is 6. The Labute approximate surface area is 105 Å². The summed E-state index contributed by atoms with van der Waals surface area (Å²) in [5, 5.41) is 0. The fourth-order valence-electron chi connectivity index (χ4n) is 2.71. The van der Waals surface area contributed by atoms with Crippen molar-refractivity contribution in [1.82, 2.24) is 4.90 Å². The van der Waals surface area contributed by atoms with Crippen LogP contribution in [0.1, 0.15) is 19.3 Å². The van der Waals surface area contributed by atoms with Gasteiger partial charge in [-0.3, -0.25) is 4.74 Å². The number of likely N-dealkylation sites (tertiary alicyclic amines) is 1. The quantitative estimate of drug-likeness (QED) is 0.737. The summed E-state index contributed by atoms with van der Waals surface area (Å²) >= 11 is 0.